The van der Waals surface area contributed by atoms with Crippen molar-refractivity contribution in [3.8, 4) is 0 Å². The van der Waals surface area contributed by atoms with Crippen LogP contribution in [0.15, 0.2) is 9.98 Å². The van der Waals surface area contributed by atoms with Crippen molar-refractivity contribution in [2.45, 2.75) is 21.3 Å². The zero-order valence-corrected chi connectivity index (χ0v) is 9.65. The summed E-state index contributed by atoms with van der Waals surface area (Å²) in [7, 11) is 0. The minimum absolute atomic E-state index is 0. The highest BCUT2D eigenvalue weighted by atomic mass is 35.5. The van der Waals surface area contributed by atoms with E-state index in [0.29, 0.717) is 0 Å². The molecule has 2 rings (SSSR count). The fourth-order valence-electron chi connectivity index (χ4n) is 1.99. The standard InChI is InChI=1S/C9H16N4.CH4.ClH/c1-8-10-3-5-12(8)7-13-6-4-11-9(13)2;;/h3-7H2,1-2H3;1H4;1H/p+2. The van der Waals surface area contributed by atoms with Crippen LogP contribution < -0.4 is 9.80 Å². The second-order valence-corrected chi connectivity index (χ2v) is 3.82. The number of amidine groups is 2. The van der Waals surface area contributed by atoms with Crippen LogP contribution in [0.1, 0.15) is 21.3 Å². The summed E-state index contributed by atoms with van der Waals surface area (Å²) in [6.45, 7) is 9.74. The van der Waals surface area contributed by atoms with Gasteiger partial charge in [-0.05, 0) is 0 Å². The number of hydrogen-bond acceptors (Lipinski definition) is 2. The van der Waals surface area contributed by atoms with Crippen LogP contribution in [0.2, 0.25) is 0 Å². The van der Waals surface area contributed by atoms with Crippen LogP contribution in [-0.4, -0.2) is 44.5 Å². The number of halogens is 1. The van der Waals surface area contributed by atoms with E-state index in [1.54, 1.807) is 0 Å². The van der Waals surface area contributed by atoms with E-state index >= 15 is 0 Å². The first-order valence-corrected chi connectivity index (χ1v) is 4.99. The predicted octanol–water partition coefficient (Wildman–Crippen LogP) is -1.36. The lowest BCUT2D eigenvalue weighted by molar-refractivity contribution is -0.995. The van der Waals surface area contributed by atoms with Gasteiger partial charge in [-0.2, -0.15) is 0 Å². The van der Waals surface area contributed by atoms with Crippen molar-refractivity contribution in [2.24, 2.45) is 9.98 Å². The lowest BCUT2D eigenvalue weighted by atomic mass is 10.5. The molecule has 2 aliphatic rings. The second kappa shape index (κ2) is 6.20. The Morgan fingerprint density at radius 1 is 1.00 bits per heavy atom. The molecule has 4 nitrogen and oxygen atoms in total. The van der Waals surface area contributed by atoms with E-state index in [9.17, 15) is 0 Å². The molecular formula is C10H23ClN4+2. The first-order valence-electron chi connectivity index (χ1n) is 4.99. The van der Waals surface area contributed by atoms with Crippen LogP contribution in [0.5, 0.6) is 0 Å². The van der Waals surface area contributed by atoms with Crippen LogP contribution in [0, 0.1) is 0 Å². The Bertz CT molecular complexity index is 236. The Labute approximate surface area is 98.5 Å². The van der Waals surface area contributed by atoms with Gasteiger partial charge in [0.2, 0.25) is 6.67 Å². The molecular weight excluding hydrogens is 212 g/mol. The van der Waals surface area contributed by atoms with E-state index in [2.05, 4.69) is 23.8 Å². The molecule has 0 aliphatic carbocycles. The maximum atomic E-state index is 4.41. The zero-order valence-electron chi connectivity index (χ0n) is 8.84. The van der Waals surface area contributed by atoms with Gasteiger partial charge in [0.25, 0.3) is 0 Å². The van der Waals surface area contributed by atoms with Crippen molar-refractivity contribution in [1.29, 1.82) is 0 Å². The van der Waals surface area contributed by atoms with E-state index in [1.807, 2.05) is 0 Å². The van der Waals surface area contributed by atoms with E-state index in [0.717, 1.165) is 19.8 Å². The molecule has 0 bridgehead atoms. The second-order valence-electron chi connectivity index (χ2n) is 3.82. The average Bonchev–Trinajstić information content (AvgIpc) is 2.65. The highest BCUT2D eigenvalue weighted by Crippen LogP contribution is 1.77. The summed E-state index contributed by atoms with van der Waals surface area (Å²) in [6, 6.07) is 0. The van der Waals surface area contributed by atoms with Gasteiger partial charge in [-0.3, -0.25) is 0 Å². The summed E-state index contributed by atoms with van der Waals surface area (Å²) >= 11 is 0. The molecule has 5 heteroatoms. The van der Waals surface area contributed by atoms with Gasteiger partial charge >= 0.3 is 0 Å². The summed E-state index contributed by atoms with van der Waals surface area (Å²) in [6.07, 6.45) is 0. The molecule has 2 aliphatic heterocycles. The summed E-state index contributed by atoms with van der Waals surface area (Å²) < 4.78 is 0. The van der Waals surface area contributed by atoms with Crippen molar-refractivity contribution in [2.75, 3.05) is 32.8 Å². The maximum Gasteiger partial charge on any atom is 0.215 e. The SMILES string of the molecule is C.CC1=NCC[NH+]1C[NH+]1CCN=C1C.Cl. The van der Waals surface area contributed by atoms with E-state index < -0.39 is 0 Å². The lowest BCUT2D eigenvalue weighted by Crippen LogP contribution is -3.32. The van der Waals surface area contributed by atoms with Crippen LogP contribution in [0.25, 0.3) is 0 Å². The third-order valence-electron chi connectivity index (χ3n) is 2.98. The fourth-order valence-corrected chi connectivity index (χ4v) is 1.99. The van der Waals surface area contributed by atoms with Gasteiger partial charge < -0.3 is 0 Å². The van der Waals surface area contributed by atoms with Gasteiger partial charge in [0.05, 0.1) is 13.1 Å². The highest BCUT2D eigenvalue weighted by molar-refractivity contribution is 5.85. The minimum Gasteiger partial charge on any atom is -0.242 e. The van der Waals surface area contributed by atoms with Gasteiger partial charge in [0, 0.05) is 13.8 Å². The Hall–Kier alpha value is -0.450. The Kier molecular flexibility index (Phi) is 6.02. The van der Waals surface area contributed by atoms with Gasteiger partial charge in [-0.25, -0.2) is 19.8 Å². The predicted molar refractivity (Wildman–Crippen MR) is 66.5 cm³/mol. The largest absolute Gasteiger partial charge is 0.242 e. The lowest BCUT2D eigenvalue weighted by Gasteiger charge is -2.17. The molecule has 2 unspecified atom stereocenters. The van der Waals surface area contributed by atoms with Crippen LogP contribution in [0.4, 0.5) is 0 Å². The fraction of sp³-hybridized carbons (Fsp3) is 0.800. The van der Waals surface area contributed by atoms with Crippen molar-refractivity contribution in [1.82, 2.24) is 0 Å². The molecule has 0 spiro atoms. The summed E-state index contributed by atoms with van der Waals surface area (Å²) in [4.78, 5) is 11.9. The topological polar surface area (TPSA) is 33.6 Å². The summed E-state index contributed by atoms with van der Waals surface area (Å²) in [5.41, 5.74) is 0. The maximum absolute atomic E-state index is 4.41. The number of nitrogens with one attached hydrogen (secondary N) is 2. The number of hydrogen-bond donors (Lipinski definition) is 2. The van der Waals surface area contributed by atoms with Crippen molar-refractivity contribution in [3.05, 3.63) is 0 Å². The first-order chi connectivity index (χ1) is 6.27. The van der Waals surface area contributed by atoms with Crippen molar-refractivity contribution in [3.63, 3.8) is 0 Å². The summed E-state index contributed by atoms with van der Waals surface area (Å²) in [5, 5.41) is 0. The first kappa shape index (κ1) is 14.6. The van der Waals surface area contributed by atoms with Gasteiger partial charge in [-0.1, -0.05) is 7.43 Å². The Balaban J connectivity index is 0.000000980. The molecule has 0 fully saturated rings. The number of quaternary nitrogens is 2. The molecule has 0 radical (unpaired) electrons. The quantitative estimate of drug-likeness (QED) is 0.592. The molecule has 0 amide bonds. The number of rotatable bonds is 2. The number of aliphatic imine (C=N–C) groups is 2. The molecule has 2 atom stereocenters. The molecule has 0 aromatic heterocycles. The average molecular weight is 235 g/mol. The van der Waals surface area contributed by atoms with E-state index in [1.165, 1.54) is 34.6 Å². The molecule has 0 saturated heterocycles. The van der Waals surface area contributed by atoms with E-state index in [4.69, 9.17) is 0 Å². The molecule has 0 saturated carbocycles. The van der Waals surface area contributed by atoms with Crippen molar-refractivity contribution < 1.29 is 9.80 Å². The minimum atomic E-state index is 0. The normalized spacial score (nSPS) is 28.9. The van der Waals surface area contributed by atoms with Gasteiger partial charge in [-0.15, -0.1) is 12.4 Å². The van der Waals surface area contributed by atoms with Crippen molar-refractivity contribution >= 4 is 24.1 Å². The molecule has 0 aromatic carbocycles. The molecule has 0 aromatic rings. The van der Waals surface area contributed by atoms with E-state index in [-0.39, 0.29) is 19.8 Å². The molecule has 88 valence electrons. The van der Waals surface area contributed by atoms with Crippen LogP contribution >= 0.6 is 12.4 Å². The Morgan fingerprint density at radius 3 is 1.67 bits per heavy atom. The summed E-state index contributed by atoms with van der Waals surface area (Å²) in [5.74, 6) is 2.54. The zero-order chi connectivity index (χ0) is 9.26. The van der Waals surface area contributed by atoms with Crippen LogP contribution in [-0.2, 0) is 0 Å². The third kappa shape index (κ3) is 3.26. The van der Waals surface area contributed by atoms with Gasteiger partial charge in [0.1, 0.15) is 13.1 Å². The van der Waals surface area contributed by atoms with Gasteiger partial charge in [0.15, 0.2) is 11.7 Å². The monoisotopic (exact) mass is 234 g/mol. The molecule has 2 N–H and O–H groups in total. The molecule has 2 heterocycles. The third-order valence-corrected chi connectivity index (χ3v) is 2.98. The highest BCUT2D eigenvalue weighted by Gasteiger charge is 2.27. The number of nitrogens with zero attached hydrogens (tertiary/aromatic N) is 2. The smallest absolute Gasteiger partial charge is 0.215 e. The Morgan fingerprint density at radius 2 is 1.40 bits per heavy atom. The van der Waals surface area contributed by atoms with Crippen LogP contribution in [0.3, 0.4) is 0 Å². The molecule has 15 heavy (non-hydrogen) atoms.